The monoisotopic (exact) mass is 411 g/mol. The molecule has 0 spiro atoms. The molecule has 0 saturated carbocycles. The summed E-state index contributed by atoms with van der Waals surface area (Å²) in [4.78, 5) is 23.8. The third-order valence-corrected chi connectivity index (χ3v) is 4.39. The predicted octanol–water partition coefficient (Wildman–Crippen LogP) is 3.75. The number of hydrogen-bond donors (Lipinski definition) is 3. The van der Waals surface area contributed by atoms with Gasteiger partial charge in [0.15, 0.2) is 11.5 Å². The van der Waals surface area contributed by atoms with Gasteiger partial charge in [0.05, 0.1) is 37.4 Å². The summed E-state index contributed by atoms with van der Waals surface area (Å²) in [6.07, 6.45) is -0.0999. The number of anilines is 1. The molecule has 2 aromatic carbocycles. The molecule has 0 fully saturated rings. The summed E-state index contributed by atoms with van der Waals surface area (Å²) in [7, 11) is 2.96. The van der Waals surface area contributed by atoms with E-state index in [4.69, 9.17) is 38.4 Å². The quantitative estimate of drug-likeness (QED) is 0.645. The number of nitrogens with one attached hydrogen (secondary N) is 2. The number of primary amides is 1. The van der Waals surface area contributed by atoms with E-state index in [0.717, 1.165) is 0 Å². The maximum Gasteiger partial charge on any atom is 0.312 e. The number of nitrogens with two attached hydrogens (primary N) is 1. The van der Waals surface area contributed by atoms with Crippen LogP contribution in [-0.4, -0.2) is 26.2 Å². The van der Waals surface area contributed by atoms with Gasteiger partial charge in [-0.3, -0.25) is 4.79 Å². The van der Waals surface area contributed by atoms with Crippen molar-refractivity contribution < 1.29 is 19.1 Å². The second kappa shape index (κ2) is 9.34. The van der Waals surface area contributed by atoms with Gasteiger partial charge < -0.3 is 25.8 Å². The van der Waals surface area contributed by atoms with Gasteiger partial charge in [0, 0.05) is 17.2 Å². The van der Waals surface area contributed by atoms with Crippen LogP contribution in [-0.2, 0) is 4.79 Å². The highest BCUT2D eigenvalue weighted by atomic mass is 35.5. The van der Waals surface area contributed by atoms with Gasteiger partial charge >= 0.3 is 6.03 Å². The number of hydrogen-bond acceptors (Lipinski definition) is 4. The molecule has 9 heteroatoms. The molecular weight excluding hydrogens is 393 g/mol. The SMILES string of the molecule is COc1cc(Cl)c(NC(=O)CC(NC(N)=O)c2ccccc2Cl)cc1OC. The van der Waals surface area contributed by atoms with Crippen molar-refractivity contribution in [2.75, 3.05) is 19.5 Å². The van der Waals surface area contributed by atoms with Crippen molar-refractivity contribution in [3.63, 3.8) is 0 Å². The first kappa shape index (κ1) is 20.7. The molecule has 1 unspecified atom stereocenters. The van der Waals surface area contributed by atoms with Gasteiger partial charge in [-0.1, -0.05) is 41.4 Å². The first-order valence-electron chi connectivity index (χ1n) is 7.87. The molecular formula is C18H19Cl2N3O4. The molecule has 1 atom stereocenters. The van der Waals surface area contributed by atoms with E-state index in [2.05, 4.69) is 10.6 Å². The molecule has 0 heterocycles. The zero-order valence-corrected chi connectivity index (χ0v) is 16.2. The van der Waals surface area contributed by atoms with Crippen molar-refractivity contribution in [3.8, 4) is 11.5 Å². The average Bonchev–Trinajstić information content (AvgIpc) is 2.62. The second-order valence-corrected chi connectivity index (χ2v) is 6.34. The number of carbonyl (C=O) groups is 2. The first-order chi connectivity index (χ1) is 12.8. The van der Waals surface area contributed by atoms with Crippen molar-refractivity contribution in [1.82, 2.24) is 5.32 Å². The number of amides is 3. The van der Waals surface area contributed by atoms with Gasteiger partial charge in [0.25, 0.3) is 0 Å². The largest absolute Gasteiger partial charge is 0.493 e. The number of ether oxygens (including phenoxy) is 2. The Kier molecular flexibility index (Phi) is 7.15. The number of methoxy groups -OCH3 is 2. The normalized spacial score (nSPS) is 11.4. The summed E-state index contributed by atoms with van der Waals surface area (Å²) in [5.74, 6) is 0.447. The molecule has 7 nitrogen and oxygen atoms in total. The van der Waals surface area contributed by atoms with E-state index in [1.165, 1.54) is 20.3 Å². The molecule has 2 rings (SSSR count). The molecule has 0 aromatic heterocycles. The Balaban J connectivity index is 2.21. The van der Waals surface area contributed by atoms with E-state index in [9.17, 15) is 9.59 Å². The van der Waals surface area contributed by atoms with Crippen LogP contribution in [0.15, 0.2) is 36.4 Å². The van der Waals surface area contributed by atoms with Crippen molar-refractivity contribution in [2.24, 2.45) is 5.73 Å². The Morgan fingerprint density at radius 3 is 2.30 bits per heavy atom. The summed E-state index contributed by atoms with van der Waals surface area (Å²) in [5, 5.41) is 5.90. The fourth-order valence-electron chi connectivity index (χ4n) is 2.50. The summed E-state index contributed by atoms with van der Waals surface area (Å²) in [6, 6.07) is 8.48. The van der Waals surface area contributed by atoms with Crippen LogP contribution < -0.4 is 25.8 Å². The lowest BCUT2D eigenvalue weighted by molar-refractivity contribution is -0.116. The maximum absolute atomic E-state index is 12.5. The number of carbonyl (C=O) groups excluding carboxylic acids is 2. The van der Waals surface area contributed by atoms with Gasteiger partial charge in [-0.2, -0.15) is 0 Å². The van der Waals surface area contributed by atoms with Crippen LogP contribution in [0.25, 0.3) is 0 Å². The average molecular weight is 412 g/mol. The standard InChI is InChI=1S/C18H19Cl2N3O4/c1-26-15-7-12(20)14(8-16(15)27-2)22-17(24)9-13(23-18(21)25)10-5-3-4-6-11(10)19/h3-8,13H,9H2,1-2H3,(H,22,24)(H3,21,23,25). The summed E-state index contributed by atoms with van der Waals surface area (Å²) in [6.45, 7) is 0. The van der Waals surface area contributed by atoms with Crippen LogP contribution in [0.3, 0.4) is 0 Å². The lowest BCUT2D eigenvalue weighted by Gasteiger charge is -2.19. The highest BCUT2D eigenvalue weighted by Gasteiger charge is 2.21. The van der Waals surface area contributed by atoms with E-state index in [1.54, 1.807) is 30.3 Å². The van der Waals surface area contributed by atoms with Gasteiger partial charge in [0.2, 0.25) is 5.91 Å². The fraction of sp³-hybridized carbons (Fsp3) is 0.222. The van der Waals surface area contributed by atoms with E-state index in [-0.39, 0.29) is 11.4 Å². The molecule has 0 aliphatic carbocycles. The van der Waals surface area contributed by atoms with E-state index in [1.807, 2.05) is 0 Å². The smallest absolute Gasteiger partial charge is 0.312 e. The van der Waals surface area contributed by atoms with Gasteiger partial charge in [-0.15, -0.1) is 0 Å². The zero-order chi connectivity index (χ0) is 20.0. The number of urea groups is 1. The van der Waals surface area contributed by atoms with Gasteiger partial charge in [0.1, 0.15) is 0 Å². The molecule has 0 aliphatic rings. The van der Waals surface area contributed by atoms with Crippen molar-refractivity contribution in [2.45, 2.75) is 12.5 Å². The molecule has 27 heavy (non-hydrogen) atoms. The zero-order valence-electron chi connectivity index (χ0n) is 14.7. The first-order valence-corrected chi connectivity index (χ1v) is 8.63. The molecule has 0 bridgehead atoms. The fourth-order valence-corrected chi connectivity index (χ4v) is 2.97. The van der Waals surface area contributed by atoms with Crippen LogP contribution >= 0.6 is 23.2 Å². The van der Waals surface area contributed by atoms with Crippen LogP contribution in [0.2, 0.25) is 10.0 Å². The van der Waals surface area contributed by atoms with Crippen molar-refractivity contribution in [3.05, 3.63) is 52.0 Å². The highest BCUT2D eigenvalue weighted by molar-refractivity contribution is 6.34. The highest BCUT2D eigenvalue weighted by Crippen LogP contribution is 2.36. The van der Waals surface area contributed by atoms with Gasteiger partial charge in [-0.05, 0) is 11.6 Å². The minimum absolute atomic E-state index is 0.0999. The molecule has 0 radical (unpaired) electrons. The molecule has 0 saturated heterocycles. The number of rotatable bonds is 7. The molecule has 4 N–H and O–H groups in total. The van der Waals surface area contributed by atoms with Crippen LogP contribution in [0.1, 0.15) is 18.0 Å². The molecule has 0 aliphatic heterocycles. The molecule has 144 valence electrons. The topological polar surface area (TPSA) is 103 Å². The Labute approximate surface area is 166 Å². The minimum atomic E-state index is -0.767. The number of benzene rings is 2. The van der Waals surface area contributed by atoms with Crippen LogP contribution in [0, 0.1) is 0 Å². The third-order valence-electron chi connectivity index (χ3n) is 3.73. The Bertz CT molecular complexity index is 845. The lowest BCUT2D eigenvalue weighted by Crippen LogP contribution is -2.35. The van der Waals surface area contributed by atoms with Crippen molar-refractivity contribution >= 4 is 40.8 Å². The Hall–Kier alpha value is -2.64. The second-order valence-electron chi connectivity index (χ2n) is 5.52. The summed E-state index contributed by atoms with van der Waals surface area (Å²) in [5.41, 5.74) is 6.15. The minimum Gasteiger partial charge on any atom is -0.493 e. The van der Waals surface area contributed by atoms with Crippen LogP contribution in [0.5, 0.6) is 11.5 Å². The van der Waals surface area contributed by atoms with Crippen LogP contribution in [0.4, 0.5) is 10.5 Å². The number of halogens is 2. The van der Waals surface area contributed by atoms with E-state index >= 15 is 0 Å². The lowest BCUT2D eigenvalue weighted by atomic mass is 10.0. The molecule has 3 amide bonds. The molecule has 2 aromatic rings. The Morgan fingerprint density at radius 2 is 1.70 bits per heavy atom. The van der Waals surface area contributed by atoms with E-state index in [0.29, 0.717) is 27.8 Å². The summed E-state index contributed by atoms with van der Waals surface area (Å²) >= 11 is 12.4. The maximum atomic E-state index is 12.5. The van der Waals surface area contributed by atoms with E-state index < -0.39 is 18.0 Å². The third kappa shape index (κ3) is 5.42. The predicted molar refractivity (Wildman–Crippen MR) is 105 cm³/mol. The van der Waals surface area contributed by atoms with Gasteiger partial charge in [-0.25, -0.2) is 4.79 Å². The Morgan fingerprint density at radius 1 is 1.07 bits per heavy atom. The van der Waals surface area contributed by atoms with Crippen molar-refractivity contribution in [1.29, 1.82) is 0 Å². The summed E-state index contributed by atoms with van der Waals surface area (Å²) < 4.78 is 10.4.